The quantitative estimate of drug-likeness (QED) is 0.679. The minimum Gasteiger partial charge on any atom is -0.368 e. The summed E-state index contributed by atoms with van der Waals surface area (Å²) >= 11 is 0. The van der Waals surface area contributed by atoms with Crippen molar-refractivity contribution in [1.82, 2.24) is 10.6 Å². The fourth-order valence-corrected chi connectivity index (χ4v) is 1.82. The van der Waals surface area contributed by atoms with E-state index in [0.29, 0.717) is 12.0 Å². The predicted molar refractivity (Wildman–Crippen MR) is 79.4 cm³/mol. The summed E-state index contributed by atoms with van der Waals surface area (Å²) in [6.45, 7) is 3.66. The molecule has 0 spiro atoms. The Hall–Kier alpha value is -2.37. The number of amides is 3. The molecule has 0 fully saturated rings. The van der Waals surface area contributed by atoms with Gasteiger partial charge in [-0.05, 0) is 24.5 Å². The van der Waals surface area contributed by atoms with Crippen LogP contribution in [-0.2, 0) is 9.59 Å². The molecule has 3 amide bonds. The third kappa shape index (κ3) is 6.07. The maximum Gasteiger partial charge on any atom is 0.251 e. The number of carbonyl (C=O) groups is 3. The Morgan fingerprint density at radius 2 is 1.76 bits per heavy atom. The fraction of sp³-hybridized carbons (Fsp3) is 0.400. The molecular weight excluding hydrogens is 270 g/mol. The van der Waals surface area contributed by atoms with Crippen molar-refractivity contribution < 1.29 is 14.4 Å². The second kappa shape index (κ2) is 8.04. The van der Waals surface area contributed by atoms with Gasteiger partial charge in [0.2, 0.25) is 11.8 Å². The van der Waals surface area contributed by atoms with Crippen LogP contribution in [0.1, 0.15) is 30.6 Å². The zero-order valence-electron chi connectivity index (χ0n) is 12.3. The summed E-state index contributed by atoms with van der Waals surface area (Å²) in [5.74, 6) is -1.14. The lowest BCUT2D eigenvalue weighted by atomic mass is 10.0. The maximum absolute atomic E-state index is 11.8. The van der Waals surface area contributed by atoms with Crippen LogP contribution < -0.4 is 16.4 Å². The van der Waals surface area contributed by atoms with Gasteiger partial charge >= 0.3 is 0 Å². The smallest absolute Gasteiger partial charge is 0.251 e. The van der Waals surface area contributed by atoms with Crippen LogP contribution >= 0.6 is 0 Å². The number of hydrogen-bond donors (Lipinski definition) is 3. The summed E-state index contributed by atoms with van der Waals surface area (Å²) in [5, 5.41) is 5.02. The second-order valence-corrected chi connectivity index (χ2v) is 5.20. The Kier molecular flexibility index (Phi) is 6.39. The molecule has 0 heterocycles. The summed E-state index contributed by atoms with van der Waals surface area (Å²) in [5.41, 5.74) is 5.71. The van der Waals surface area contributed by atoms with E-state index in [1.807, 2.05) is 13.8 Å². The number of nitrogens with two attached hydrogens (primary N) is 1. The van der Waals surface area contributed by atoms with E-state index in [9.17, 15) is 14.4 Å². The van der Waals surface area contributed by atoms with Gasteiger partial charge in [-0.25, -0.2) is 0 Å². The van der Waals surface area contributed by atoms with Gasteiger partial charge in [-0.2, -0.15) is 0 Å². The van der Waals surface area contributed by atoms with Crippen LogP contribution in [0.4, 0.5) is 0 Å². The van der Waals surface area contributed by atoms with Crippen LogP contribution in [0.5, 0.6) is 0 Å². The number of carbonyl (C=O) groups excluding carboxylic acids is 3. The SMILES string of the molecule is CC(C)C[C@@H](NC(=O)CNC(=O)c1ccccc1)C(N)=O. The molecule has 1 atom stereocenters. The molecule has 0 aromatic heterocycles. The van der Waals surface area contributed by atoms with Gasteiger partial charge in [-0.15, -0.1) is 0 Å². The van der Waals surface area contributed by atoms with E-state index in [4.69, 9.17) is 5.73 Å². The van der Waals surface area contributed by atoms with Gasteiger partial charge in [0.15, 0.2) is 0 Å². The summed E-state index contributed by atoms with van der Waals surface area (Å²) in [6.07, 6.45) is 0.466. The molecular formula is C15H21N3O3. The Bertz CT molecular complexity index is 500. The van der Waals surface area contributed by atoms with Gasteiger partial charge < -0.3 is 16.4 Å². The topological polar surface area (TPSA) is 101 Å². The molecule has 1 aromatic rings. The van der Waals surface area contributed by atoms with Crippen molar-refractivity contribution in [2.45, 2.75) is 26.3 Å². The molecule has 6 heteroatoms. The van der Waals surface area contributed by atoms with Gasteiger partial charge in [0.05, 0.1) is 6.54 Å². The van der Waals surface area contributed by atoms with E-state index >= 15 is 0 Å². The van der Waals surface area contributed by atoms with Gasteiger partial charge in [0.1, 0.15) is 6.04 Å². The van der Waals surface area contributed by atoms with Gasteiger partial charge in [-0.1, -0.05) is 32.0 Å². The van der Waals surface area contributed by atoms with E-state index in [1.165, 1.54) is 0 Å². The molecule has 0 saturated heterocycles. The Morgan fingerprint density at radius 3 is 2.29 bits per heavy atom. The molecule has 0 aliphatic heterocycles. The largest absolute Gasteiger partial charge is 0.368 e. The number of hydrogen-bond acceptors (Lipinski definition) is 3. The first-order chi connectivity index (χ1) is 9.90. The highest BCUT2D eigenvalue weighted by Gasteiger charge is 2.19. The first-order valence-corrected chi connectivity index (χ1v) is 6.82. The average molecular weight is 291 g/mol. The Morgan fingerprint density at radius 1 is 1.14 bits per heavy atom. The minimum absolute atomic E-state index is 0.199. The van der Waals surface area contributed by atoms with Crippen LogP contribution in [0.25, 0.3) is 0 Å². The molecule has 0 aliphatic rings. The van der Waals surface area contributed by atoms with Gasteiger partial charge in [0, 0.05) is 5.56 Å². The van der Waals surface area contributed by atoms with Crippen molar-refractivity contribution in [3.63, 3.8) is 0 Å². The van der Waals surface area contributed by atoms with Crippen molar-refractivity contribution in [3.05, 3.63) is 35.9 Å². The predicted octanol–water partition coefficient (Wildman–Crippen LogP) is 0.433. The molecule has 114 valence electrons. The molecule has 1 rings (SSSR count). The normalized spacial score (nSPS) is 11.8. The highest BCUT2D eigenvalue weighted by Crippen LogP contribution is 2.04. The van der Waals surface area contributed by atoms with Crippen molar-refractivity contribution in [2.24, 2.45) is 11.7 Å². The van der Waals surface area contributed by atoms with Gasteiger partial charge in [0.25, 0.3) is 5.91 Å². The van der Waals surface area contributed by atoms with Crippen LogP contribution in [0, 0.1) is 5.92 Å². The first-order valence-electron chi connectivity index (χ1n) is 6.82. The second-order valence-electron chi connectivity index (χ2n) is 5.20. The number of nitrogens with one attached hydrogen (secondary N) is 2. The maximum atomic E-state index is 11.8. The zero-order chi connectivity index (χ0) is 15.8. The lowest BCUT2D eigenvalue weighted by Gasteiger charge is -2.17. The summed E-state index contributed by atoms with van der Waals surface area (Å²) in [4.78, 5) is 34.8. The lowest BCUT2D eigenvalue weighted by molar-refractivity contribution is -0.127. The molecule has 0 unspecified atom stereocenters. The number of rotatable bonds is 7. The van der Waals surface area contributed by atoms with Crippen LogP contribution in [0.15, 0.2) is 30.3 Å². The Labute approximate surface area is 124 Å². The lowest BCUT2D eigenvalue weighted by Crippen LogP contribution is -2.48. The van der Waals surface area contributed by atoms with E-state index in [0.717, 1.165) is 0 Å². The van der Waals surface area contributed by atoms with E-state index < -0.39 is 17.9 Å². The minimum atomic E-state index is -0.717. The monoisotopic (exact) mass is 291 g/mol. The third-order valence-electron chi connectivity index (χ3n) is 2.83. The highest BCUT2D eigenvalue weighted by molar-refractivity contribution is 5.97. The molecule has 4 N–H and O–H groups in total. The van der Waals surface area contributed by atoms with E-state index in [2.05, 4.69) is 10.6 Å². The third-order valence-corrected chi connectivity index (χ3v) is 2.83. The van der Waals surface area contributed by atoms with Gasteiger partial charge in [-0.3, -0.25) is 14.4 Å². The number of benzene rings is 1. The van der Waals surface area contributed by atoms with Crippen LogP contribution in [0.3, 0.4) is 0 Å². The first kappa shape index (κ1) is 16.7. The van der Waals surface area contributed by atoms with Crippen molar-refractivity contribution in [3.8, 4) is 0 Å². The highest BCUT2D eigenvalue weighted by atomic mass is 16.2. The standard InChI is InChI=1S/C15H21N3O3/c1-10(2)8-12(14(16)20)18-13(19)9-17-15(21)11-6-4-3-5-7-11/h3-7,10,12H,8-9H2,1-2H3,(H2,16,20)(H,17,21)(H,18,19)/t12-/m1/s1. The van der Waals surface area contributed by atoms with Crippen LogP contribution in [0.2, 0.25) is 0 Å². The summed E-state index contributed by atoms with van der Waals surface area (Å²) < 4.78 is 0. The number of primary amides is 1. The summed E-state index contributed by atoms with van der Waals surface area (Å²) in [6, 6.07) is 7.86. The molecule has 21 heavy (non-hydrogen) atoms. The molecule has 0 aliphatic carbocycles. The molecule has 6 nitrogen and oxygen atoms in total. The zero-order valence-corrected chi connectivity index (χ0v) is 12.3. The average Bonchev–Trinajstić information content (AvgIpc) is 2.44. The molecule has 0 radical (unpaired) electrons. The van der Waals surface area contributed by atoms with Crippen molar-refractivity contribution in [1.29, 1.82) is 0 Å². The molecule has 1 aromatic carbocycles. The molecule has 0 saturated carbocycles. The Balaban J connectivity index is 2.46. The van der Waals surface area contributed by atoms with E-state index in [1.54, 1.807) is 30.3 Å². The van der Waals surface area contributed by atoms with Crippen molar-refractivity contribution >= 4 is 17.7 Å². The molecule has 0 bridgehead atoms. The van der Waals surface area contributed by atoms with E-state index in [-0.39, 0.29) is 18.4 Å². The fourth-order valence-electron chi connectivity index (χ4n) is 1.82. The summed E-state index contributed by atoms with van der Waals surface area (Å²) in [7, 11) is 0. The van der Waals surface area contributed by atoms with Crippen molar-refractivity contribution in [2.75, 3.05) is 6.54 Å². The van der Waals surface area contributed by atoms with Crippen LogP contribution in [-0.4, -0.2) is 30.3 Å².